The van der Waals surface area contributed by atoms with Crippen LogP contribution in [0.4, 0.5) is 0 Å². The van der Waals surface area contributed by atoms with Gasteiger partial charge in [-0.15, -0.1) is 0 Å². The number of fused-ring (bicyclic) bond motifs is 1. The van der Waals surface area contributed by atoms with Crippen LogP contribution in [0, 0.1) is 5.92 Å². The van der Waals surface area contributed by atoms with Gasteiger partial charge in [-0.05, 0) is 42.2 Å². The van der Waals surface area contributed by atoms with Gasteiger partial charge in [0.15, 0.2) is 11.5 Å². The predicted octanol–water partition coefficient (Wildman–Crippen LogP) is 3.15. The van der Waals surface area contributed by atoms with Crippen molar-refractivity contribution in [3.8, 4) is 11.5 Å². The van der Waals surface area contributed by atoms with Crippen molar-refractivity contribution in [1.29, 1.82) is 0 Å². The van der Waals surface area contributed by atoms with Crippen molar-refractivity contribution in [3.63, 3.8) is 0 Å². The van der Waals surface area contributed by atoms with Crippen LogP contribution in [0.15, 0.2) is 42.5 Å². The highest BCUT2D eigenvalue weighted by molar-refractivity contribution is 6.02. The van der Waals surface area contributed by atoms with E-state index in [0.29, 0.717) is 6.42 Å². The molecule has 1 N–H and O–H groups in total. The van der Waals surface area contributed by atoms with Gasteiger partial charge in [-0.25, -0.2) is 9.59 Å². The Labute approximate surface area is 144 Å². The lowest BCUT2D eigenvalue weighted by atomic mass is 10.0. The largest absolute Gasteiger partial charge is 0.478 e. The number of ether oxygens (including phenoxy) is 3. The fourth-order valence-electron chi connectivity index (χ4n) is 2.67. The molecule has 130 valence electrons. The third kappa shape index (κ3) is 3.91. The number of aromatic carboxylic acids is 1. The Kier molecular flexibility index (Phi) is 4.88. The molecule has 0 saturated carbocycles. The topological polar surface area (TPSA) is 82.1 Å². The Morgan fingerprint density at radius 3 is 2.60 bits per heavy atom. The maximum Gasteiger partial charge on any atom is 0.339 e. The Balaban J connectivity index is 1.58. The minimum atomic E-state index is -1.15. The van der Waals surface area contributed by atoms with Crippen molar-refractivity contribution >= 4 is 11.9 Å². The fraction of sp³-hybridized carbons (Fsp3) is 0.263. The highest BCUT2D eigenvalue weighted by Crippen LogP contribution is 2.33. The maximum absolute atomic E-state index is 12.2. The molecule has 2 aromatic carbocycles. The number of carbonyl (C=O) groups is 2. The molecule has 1 atom stereocenters. The average Bonchev–Trinajstić information content (AvgIpc) is 3.07. The zero-order valence-electron chi connectivity index (χ0n) is 13.7. The van der Waals surface area contributed by atoms with Gasteiger partial charge in [-0.3, -0.25) is 0 Å². The van der Waals surface area contributed by atoms with Crippen molar-refractivity contribution in [3.05, 3.63) is 59.2 Å². The van der Waals surface area contributed by atoms with Crippen molar-refractivity contribution < 1.29 is 28.9 Å². The van der Waals surface area contributed by atoms with Crippen molar-refractivity contribution in [2.24, 2.45) is 5.92 Å². The Bertz CT molecular complexity index is 798. The molecule has 1 heterocycles. The van der Waals surface area contributed by atoms with E-state index in [4.69, 9.17) is 19.3 Å². The number of benzene rings is 2. The summed E-state index contributed by atoms with van der Waals surface area (Å²) in [5, 5.41) is 9.13. The molecule has 0 aromatic heterocycles. The van der Waals surface area contributed by atoms with E-state index < -0.39 is 11.9 Å². The molecule has 1 aliphatic rings. The minimum Gasteiger partial charge on any atom is -0.478 e. The molecule has 0 fully saturated rings. The lowest BCUT2D eigenvalue weighted by molar-refractivity contribution is 0.0441. The van der Waals surface area contributed by atoms with Crippen LogP contribution in [-0.2, 0) is 11.2 Å². The number of rotatable bonds is 6. The van der Waals surface area contributed by atoms with Crippen LogP contribution in [0.3, 0.4) is 0 Å². The van der Waals surface area contributed by atoms with Gasteiger partial charge in [0.2, 0.25) is 6.79 Å². The van der Waals surface area contributed by atoms with Gasteiger partial charge in [0, 0.05) is 0 Å². The van der Waals surface area contributed by atoms with Crippen LogP contribution >= 0.6 is 0 Å². The second-order valence-electron chi connectivity index (χ2n) is 5.95. The highest BCUT2D eigenvalue weighted by Gasteiger charge is 2.18. The van der Waals surface area contributed by atoms with Gasteiger partial charge < -0.3 is 19.3 Å². The third-order valence-electron chi connectivity index (χ3n) is 3.90. The van der Waals surface area contributed by atoms with Gasteiger partial charge in [0.1, 0.15) is 0 Å². The standard InChI is InChI=1S/C19H18O6/c1-12(8-13-6-7-16-17(9-13)25-11-24-16)10-23-19(22)15-5-3-2-4-14(15)18(20)21/h2-7,9,12H,8,10-11H2,1H3,(H,20,21)/t12-/m1/s1. The zero-order chi connectivity index (χ0) is 17.8. The molecule has 0 saturated heterocycles. The van der Waals surface area contributed by atoms with E-state index in [-0.39, 0.29) is 30.4 Å². The van der Waals surface area contributed by atoms with E-state index in [2.05, 4.69) is 0 Å². The number of esters is 1. The Morgan fingerprint density at radius 1 is 1.12 bits per heavy atom. The van der Waals surface area contributed by atoms with Crippen molar-refractivity contribution in [2.45, 2.75) is 13.3 Å². The minimum absolute atomic E-state index is 0.0593. The number of carboxylic acid groups (broad SMARTS) is 1. The van der Waals surface area contributed by atoms with Gasteiger partial charge in [-0.2, -0.15) is 0 Å². The predicted molar refractivity (Wildman–Crippen MR) is 89.1 cm³/mol. The molecular weight excluding hydrogens is 324 g/mol. The molecule has 25 heavy (non-hydrogen) atoms. The average molecular weight is 342 g/mol. The summed E-state index contributed by atoms with van der Waals surface area (Å²) < 4.78 is 15.9. The molecule has 6 heteroatoms. The van der Waals surface area contributed by atoms with Crippen LogP contribution in [0.1, 0.15) is 33.2 Å². The summed E-state index contributed by atoms with van der Waals surface area (Å²) in [4.78, 5) is 23.3. The quantitative estimate of drug-likeness (QED) is 0.812. The van der Waals surface area contributed by atoms with Crippen LogP contribution in [0.25, 0.3) is 0 Å². The zero-order valence-corrected chi connectivity index (χ0v) is 13.7. The molecular formula is C19H18O6. The molecule has 1 aliphatic heterocycles. The number of carboxylic acids is 1. The fourth-order valence-corrected chi connectivity index (χ4v) is 2.67. The first-order valence-corrected chi connectivity index (χ1v) is 7.92. The molecule has 0 unspecified atom stereocenters. The van der Waals surface area contributed by atoms with Crippen LogP contribution in [0.5, 0.6) is 11.5 Å². The van der Waals surface area contributed by atoms with Crippen LogP contribution in [0.2, 0.25) is 0 Å². The first-order chi connectivity index (χ1) is 12.0. The van der Waals surface area contributed by atoms with Gasteiger partial charge >= 0.3 is 11.9 Å². The van der Waals surface area contributed by atoms with E-state index in [1.165, 1.54) is 12.1 Å². The highest BCUT2D eigenvalue weighted by atomic mass is 16.7. The summed E-state index contributed by atoms with van der Waals surface area (Å²) >= 11 is 0. The SMILES string of the molecule is C[C@@H](COC(=O)c1ccccc1C(=O)O)Cc1ccc2c(c1)OCO2. The molecule has 0 spiro atoms. The van der Waals surface area contributed by atoms with E-state index in [0.717, 1.165) is 17.1 Å². The summed E-state index contributed by atoms with van der Waals surface area (Å²) in [5.74, 6) is -0.261. The van der Waals surface area contributed by atoms with Crippen LogP contribution < -0.4 is 9.47 Å². The summed E-state index contributed by atoms with van der Waals surface area (Å²) in [6, 6.07) is 11.7. The summed E-state index contributed by atoms with van der Waals surface area (Å²) in [5.41, 5.74) is 1.06. The summed E-state index contributed by atoms with van der Waals surface area (Å²) in [6.07, 6.45) is 0.699. The van der Waals surface area contributed by atoms with Gasteiger partial charge in [0.25, 0.3) is 0 Å². The molecule has 0 radical (unpaired) electrons. The lowest BCUT2D eigenvalue weighted by Crippen LogP contribution is -2.16. The second-order valence-corrected chi connectivity index (χ2v) is 5.95. The summed E-state index contributed by atoms with van der Waals surface area (Å²) in [7, 11) is 0. The van der Waals surface area contributed by atoms with Crippen molar-refractivity contribution in [1.82, 2.24) is 0 Å². The molecule has 2 aromatic rings. The molecule has 0 bridgehead atoms. The molecule has 0 amide bonds. The monoisotopic (exact) mass is 342 g/mol. The first kappa shape index (κ1) is 16.8. The lowest BCUT2D eigenvalue weighted by Gasteiger charge is -2.13. The van der Waals surface area contributed by atoms with E-state index in [9.17, 15) is 9.59 Å². The van der Waals surface area contributed by atoms with Gasteiger partial charge in [-0.1, -0.05) is 25.1 Å². The third-order valence-corrected chi connectivity index (χ3v) is 3.90. The molecule has 6 nitrogen and oxygen atoms in total. The normalized spacial score (nSPS) is 13.3. The Hall–Kier alpha value is -3.02. The van der Waals surface area contributed by atoms with E-state index >= 15 is 0 Å². The van der Waals surface area contributed by atoms with E-state index in [1.54, 1.807) is 12.1 Å². The number of hydrogen-bond acceptors (Lipinski definition) is 5. The summed E-state index contributed by atoms with van der Waals surface area (Å²) in [6.45, 7) is 2.39. The molecule has 3 rings (SSSR count). The number of carbonyl (C=O) groups excluding carboxylic acids is 1. The Morgan fingerprint density at radius 2 is 1.84 bits per heavy atom. The van der Waals surface area contributed by atoms with Gasteiger partial charge in [0.05, 0.1) is 17.7 Å². The molecule has 0 aliphatic carbocycles. The first-order valence-electron chi connectivity index (χ1n) is 7.92. The van der Waals surface area contributed by atoms with Crippen molar-refractivity contribution in [2.75, 3.05) is 13.4 Å². The van der Waals surface area contributed by atoms with E-state index in [1.807, 2.05) is 25.1 Å². The smallest absolute Gasteiger partial charge is 0.339 e. The maximum atomic E-state index is 12.2. The second kappa shape index (κ2) is 7.25. The number of hydrogen-bond donors (Lipinski definition) is 1. The van der Waals surface area contributed by atoms with Crippen LogP contribution in [-0.4, -0.2) is 30.4 Å².